The number of ether oxygens (including phenoxy) is 2. The average molecular weight is 198 g/mol. The predicted molar refractivity (Wildman–Crippen MR) is 56.5 cm³/mol. The van der Waals surface area contributed by atoms with E-state index in [2.05, 4.69) is 42.1 Å². The van der Waals surface area contributed by atoms with E-state index in [1.807, 2.05) is 0 Å². The second-order valence-corrected chi connectivity index (χ2v) is 3.22. The molecule has 2 heterocycles. The number of rotatable bonds is 2. The maximum absolute atomic E-state index is 5.33. The molecule has 0 aromatic rings. The highest BCUT2D eigenvalue weighted by Crippen LogP contribution is 2.38. The van der Waals surface area contributed by atoms with Gasteiger partial charge in [0.1, 0.15) is 24.4 Å². The molecule has 2 aliphatic heterocycles. The lowest BCUT2D eigenvalue weighted by Crippen LogP contribution is -2.02. The van der Waals surface area contributed by atoms with Gasteiger partial charge < -0.3 is 9.47 Å². The van der Waals surface area contributed by atoms with Crippen LogP contribution in [0.4, 0.5) is 0 Å². The van der Waals surface area contributed by atoms with Gasteiger partial charge in [0.15, 0.2) is 0 Å². The summed E-state index contributed by atoms with van der Waals surface area (Å²) >= 11 is 0. The van der Waals surface area contributed by atoms with Crippen LogP contribution in [-0.4, -0.2) is 24.4 Å². The van der Waals surface area contributed by atoms with Crippen molar-refractivity contribution in [1.82, 2.24) is 0 Å². The van der Waals surface area contributed by atoms with E-state index in [0.29, 0.717) is 0 Å². The van der Waals surface area contributed by atoms with E-state index >= 15 is 0 Å². The van der Waals surface area contributed by atoms with Crippen molar-refractivity contribution in [2.75, 3.05) is 0 Å². The van der Waals surface area contributed by atoms with E-state index in [1.165, 1.54) is 0 Å². The van der Waals surface area contributed by atoms with Gasteiger partial charge in [-0.2, -0.15) is 0 Å². The van der Waals surface area contributed by atoms with E-state index in [1.54, 1.807) is 13.0 Å². The summed E-state index contributed by atoms with van der Waals surface area (Å²) in [6, 6.07) is 0. The lowest BCUT2D eigenvalue weighted by molar-refractivity contribution is 0.317. The minimum atomic E-state index is -0.0242. The Kier molecular flexibility index (Phi) is 2.79. The van der Waals surface area contributed by atoms with Crippen molar-refractivity contribution in [3.8, 4) is 35.5 Å². The second-order valence-electron chi connectivity index (χ2n) is 3.22. The summed E-state index contributed by atoms with van der Waals surface area (Å²) in [7, 11) is 0. The summed E-state index contributed by atoms with van der Waals surface area (Å²) in [6.07, 6.45) is 2.18. The molecule has 2 heteroatoms. The van der Waals surface area contributed by atoms with Crippen LogP contribution in [0.25, 0.3) is 0 Å². The fourth-order valence-corrected chi connectivity index (χ4v) is 1.31. The topological polar surface area (TPSA) is 25.1 Å². The Morgan fingerprint density at radius 3 is 2.53 bits per heavy atom. The SMILES string of the molecule is C=C[C@H]1O[C@H]1[C@H]1O[C@H]1C#CC#CC#CC. The third kappa shape index (κ3) is 2.42. The zero-order chi connectivity index (χ0) is 10.7. The Morgan fingerprint density at radius 1 is 1.07 bits per heavy atom. The molecule has 2 rings (SSSR count). The molecule has 2 nitrogen and oxygen atoms in total. The molecule has 0 aromatic carbocycles. The standard InChI is InChI=1S/C13H10O2/c1-3-5-6-7-8-9-11-13(15-11)12-10(4-2)14-12/h4,10-13H,2H2,1H3/t10-,11+,12-,13+/m1/s1. The Hall–Kier alpha value is -1.66. The molecule has 0 unspecified atom stereocenters. The van der Waals surface area contributed by atoms with Crippen LogP contribution >= 0.6 is 0 Å². The van der Waals surface area contributed by atoms with E-state index in [-0.39, 0.29) is 24.4 Å². The van der Waals surface area contributed by atoms with Gasteiger partial charge in [0.2, 0.25) is 0 Å². The summed E-state index contributed by atoms with van der Waals surface area (Å²) in [5.41, 5.74) is 0. The van der Waals surface area contributed by atoms with Crippen LogP contribution in [0.1, 0.15) is 6.92 Å². The quantitative estimate of drug-likeness (QED) is 0.371. The zero-order valence-electron chi connectivity index (χ0n) is 8.41. The molecule has 0 aromatic heterocycles. The van der Waals surface area contributed by atoms with Gasteiger partial charge in [0.05, 0.1) is 0 Å². The van der Waals surface area contributed by atoms with Gasteiger partial charge in [-0.25, -0.2) is 0 Å². The lowest BCUT2D eigenvalue weighted by atomic mass is 10.2. The number of epoxide rings is 2. The molecule has 0 spiro atoms. The summed E-state index contributed by atoms with van der Waals surface area (Å²) < 4.78 is 10.6. The van der Waals surface area contributed by atoms with Crippen LogP contribution in [0.5, 0.6) is 0 Å². The Morgan fingerprint density at radius 2 is 1.87 bits per heavy atom. The van der Waals surface area contributed by atoms with E-state index in [4.69, 9.17) is 9.47 Å². The molecule has 0 aliphatic carbocycles. The molecule has 0 bridgehead atoms. The Labute approximate surface area is 89.6 Å². The third-order valence-corrected chi connectivity index (χ3v) is 2.17. The van der Waals surface area contributed by atoms with E-state index < -0.39 is 0 Å². The summed E-state index contributed by atoms with van der Waals surface area (Å²) in [6.45, 7) is 5.39. The zero-order valence-corrected chi connectivity index (χ0v) is 8.41. The second kappa shape index (κ2) is 4.24. The van der Waals surface area contributed by atoms with Gasteiger partial charge in [-0.05, 0) is 30.6 Å². The normalized spacial score (nSPS) is 34.5. The molecular weight excluding hydrogens is 188 g/mol. The Balaban J connectivity index is 1.77. The van der Waals surface area contributed by atoms with Gasteiger partial charge in [-0.3, -0.25) is 0 Å². The maximum Gasteiger partial charge on any atom is 0.148 e. The highest BCUT2D eigenvalue weighted by Gasteiger charge is 2.55. The number of hydrogen-bond donors (Lipinski definition) is 0. The first-order chi connectivity index (χ1) is 7.36. The van der Waals surface area contributed by atoms with Gasteiger partial charge in [0.25, 0.3) is 0 Å². The summed E-state index contributed by atoms with van der Waals surface area (Å²) in [5, 5.41) is 0. The summed E-state index contributed by atoms with van der Waals surface area (Å²) in [4.78, 5) is 0. The molecule has 74 valence electrons. The van der Waals surface area contributed by atoms with Crippen LogP contribution in [-0.2, 0) is 9.47 Å². The van der Waals surface area contributed by atoms with Gasteiger partial charge in [-0.1, -0.05) is 17.9 Å². The highest BCUT2D eigenvalue weighted by molar-refractivity contribution is 5.37. The van der Waals surface area contributed by atoms with Crippen molar-refractivity contribution in [3.05, 3.63) is 12.7 Å². The monoisotopic (exact) mass is 198 g/mol. The van der Waals surface area contributed by atoms with Gasteiger partial charge in [0, 0.05) is 0 Å². The average Bonchev–Trinajstić information content (AvgIpc) is 3.11. The van der Waals surface area contributed by atoms with Crippen LogP contribution in [0, 0.1) is 35.5 Å². The van der Waals surface area contributed by atoms with Crippen molar-refractivity contribution < 1.29 is 9.47 Å². The first-order valence-corrected chi connectivity index (χ1v) is 4.72. The molecule has 2 aliphatic rings. The third-order valence-electron chi connectivity index (χ3n) is 2.17. The van der Waals surface area contributed by atoms with E-state index in [0.717, 1.165) is 0 Å². The summed E-state index contributed by atoms with van der Waals surface area (Å²) in [5.74, 6) is 16.1. The van der Waals surface area contributed by atoms with Crippen molar-refractivity contribution in [2.45, 2.75) is 31.3 Å². The fraction of sp³-hybridized carbons (Fsp3) is 0.385. The van der Waals surface area contributed by atoms with Crippen LogP contribution in [0.2, 0.25) is 0 Å². The molecule has 0 amide bonds. The molecule has 2 fully saturated rings. The van der Waals surface area contributed by atoms with Crippen LogP contribution in [0.15, 0.2) is 12.7 Å². The predicted octanol–water partition coefficient (Wildman–Crippen LogP) is 0.737. The first kappa shape index (κ1) is 9.88. The highest BCUT2D eigenvalue weighted by atomic mass is 16.7. The van der Waals surface area contributed by atoms with Gasteiger partial charge in [-0.15, -0.1) is 6.58 Å². The molecule has 4 atom stereocenters. The van der Waals surface area contributed by atoms with Crippen molar-refractivity contribution in [3.63, 3.8) is 0 Å². The minimum Gasteiger partial charge on any atom is -0.362 e. The largest absolute Gasteiger partial charge is 0.362 e. The Bertz CT molecular complexity index is 444. The van der Waals surface area contributed by atoms with E-state index in [9.17, 15) is 0 Å². The molecule has 0 saturated carbocycles. The van der Waals surface area contributed by atoms with Crippen molar-refractivity contribution in [2.24, 2.45) is 0 Å². The smallest absolute Gasteiger partial charge is 0.148 e. The van der Waals surface area contributed by atoms with Crippen molar-refractivity contribution >= 4 is 0 Å². The molecule has 0 N–H and O–H groups in total. The van der Waals surface area contributed by atoms with Crippen molar-refractivity contribution in [1.29, 1.82) is 0 Å². The molecule has 15 heavy (non-hydrogen) atoms. The molecule has 2 saturated heterocycles. The fourth-order valence-electron chi connectivity index (χ4n) is 1.31. The number of hydrogen-bond acceptors (Lipinski definition) is 2. The lowest BCUT2D eigenvalue weighted by Gasteiger charge is -1.77. The first-order valence-electron chi connectivity index (χ1n) is 4.72. The van der Waals surface area contributed by atoms with Gasteiger partial charge >= 0.3 is 0 Å². The van der Waals surface area contributed by atoms with Crippen LogP contribution in [0.3, 0.4) is 0 Å². The maximum atomic E-state index is 5.33. The van der Waals surface area contributed by atoms with Crippen LogP contribution < -0.4 is 0 Å². The minimum absolute atomic E-state index is 0.0242. The molecular formula is C13H10O2. The molecule has 0 radical (unpaired) electrons.